The van der Waals surface area contributed by atoms with E-state index in [0.717, 1.165) is 65.0 Å². The summed E-state index contributed by atoms with van der Waals surface area (Å²) in [5.41, 5.74) is 9.74. The Morgan fingerprint density at radius 3 is 2.30 bits per heavy atom. The van der Waals surface area contributed by atoms with Crippen LogP contribution in [0.3, 0.4) is 0 Å². The van der Waals surface area contributed by atoms with E-state index in [9.17, 15) is 9.59 Å². The third kappa shape index (κ3) is 3.64. The SMILES string of the molecule is NC1=C(NCCCN2CCOCC2)C(=O)c2cc3c(cc2C1=O)CCCC3. The molecule has 0 aromatic heterocycles. The second-order valence-electron chi connectivity index (χ2n) is 7.55. The van der Waals surface area contributed by atoms with E-state index in [1.165, 1.54) is 11.1 Å². The maximum absolute atomic E-state index is 13.0. The van der Waals surface area contributed by atoms with E-state index in [1.807, 2.05) is 12.1 Å². The number of ketones is 2. The Morgan fingerprint density at radius 1 is 1.00 bits per heavy atom. The smallest absolute Gasteiger partial charge is 0.211 e. The zero-order chi connectivity index (χ0) is 18.8. The molecule has 3 aliphatic rings. The predicted octanol–water partition coefficient (Wildman–Crippen LogP) is 1.43. The van der Waals surface area contributed by atoms with Crippen LogP contribution in [0.25, 0.3) is 0 Å². The molecule has 0 bridgehead atoms. The quantitative estimate of drug-likeness (QED) is 0.764. The van der Waals surface area contributed by atoms with Crippen molar-refractivity contribution in [3.8, 4) is 0 Å². The fraction of sp³-hybridized carbons (Fsp3) is 0.524. The van der Waals surface area contributed by atoms with Crippen LogP contribution < -0.4 is 11.1 Å². The highest BCUT2D eigenvalue weighted by atomic mass is 16.5. The summed E-state index contributed by atoms with van der Waals surface area (Å²) in [6.45, 7) is 5.00. The van der Waals surface area contributed by atoms with Crippen molar-refractivity contribution in [2.24, 2.45) is 5.73 Å². The molecule has 0 radical (unpaired) electrons. The maximum Gasteiger partial charge on any atom is 0.211 e. The number of fused-ring (bicyclic) bond motifs is 2. The van der Waals surface area contributed by atoms with Crippen LogP contribution in [0.5, 0.6) is 0 Å². The van der Waals surface area contributed by atoms with Crippen LogP contribution in [0.4, 0.5) is 0 Å². The highest BCUT2D eigenvalue weighted by Crippen LogP contribution is 2.30. The van der Waals surface area contributed by atoms with Crippen LogP contribution >= 0.6 is 0 Å². The van der Waals surface area contributed by atoms with Crippen molar-refractivity contribution < 1.29 is 14.3 Å². The summed E-state index contributed by atoms with van der Waals surface area (Å²) < 4.78 is 5.35. The van der Waals surface area contributed by atoms with E-state index < -0.39 is 0 Å². The van der Waals surface area contributed by atoms with E-state index in [0.29, 0.717) is 17.7 Å². The van der Waals surface area contributed by atoms with Crippen LogP contribution in [-0.4, -0.2) is 55.9 Å². The molecule has 0 spiro atoms. The Hall–Kier alpha value is -2.18. The molecule has 3 N–H and O–H groups in total. The topological polar surface area (TPSA) is 84.7 Å². The summed E-state index contributed by atoms with van der Waals surface area (Å²) in [6, 6.07) is 3.82. The molecule has 1 heterocycles. The minimum atomic E-state index is -0.228. The van der Waals surface area contributed by atoms with Crippen LogP contribution in [0.2, 0.25) is 0 Å². The normalized spacial score (nSPS) is 20.4. The molecule has 2 aliphatic carbocycles. The molecule has 6 nitrogen and oxygen atoms in total. The Labute approximate surface area is 159 Å². The zero-order valence-electron chi connectivity index (χ0n) is 15.7. The second-order valence-corrected chi connectivity index (χ2v) is 7.55. The lowest BCUT2D eigenvalue weighted by Crippen LogP contribution is -2.38. The summed E-state index contributed by atoms with van der Waals surface area (Å²) >= 11 is 0. The molecule has 1 fully saturated rings. The summed E-state index contributed by atoms with van der Waals surface area (Å²) in [5, 5.41) is 3.14. The number of Topliss-reactive ketones (excluding diaryl/α,β-unsaturated/α-hetero) is 2. The van der Waals surface area contributed by atoms with Gasteiger partial charge < -0.3 is 15.8 Å². The number of benzene rings is 1. The molecule has 1 saturated heterocycles. The number of hydrogen-bond acceptors (Lipinski definition) is 6. The average Bonchev–Trinajstić information content (AvgIpc) is 2.71. The largest absolute Gasteiger partial charge is 0.394 e. The lowest BCUT2D eigenvalue weighted by Gasteiger charge is -2.27. The summed E-state index contributed by atoms with van der Waals surface area (Å²) in [6.07, 6.45) is 5.11. The molecular formula is C21H27N3O3. The number of aryl methyl sites for hydroxylation is 2. The van der Waals surface area contributed by atoms with Gasteiger partial charge in [-0.25, -0.2) is 0 Å². The zero-order valence-corrected chi connectivity index (χ0v) is 15.7. The fourth-order valence-electron chi connectivity index (χ4n) is 4.19. The number of ether oxygens (including phenoxy) is 1. The number of morpholine rings is 1. The number of allylic oxidation sites excluding steroid dienone is 2. The van der Waals surface area contributed by atoms with Gasteiger partial charge in [-0.15, -0.1) is 0 Å². The molecule has 4 rings (SSSR count). The molecule has 1 aliphatic heterocycles. The van der Waals surface area contributed by atoms with Gasteiger partial charge in [0.15, 0.2) is 0 Å². The van der Waals surface area contributed by atoms with Gasteiger partial charge in [-0.2, -0.15) is 0 Å². The molecule has 144 valence electrons. The first kappa shape index (κ1) is 18.2. The molecule has 0 amide bonds. The fourth-order valence-corrected chi connectivity index (χ4v) is 4.19. The van der Waals surface area contributed by atoms with Gasteiger partial charge in [0.25, 0.3) is 0 Å². The van der Waals surface area contributed by atoms with E-state index in [4.69, 9.17) is 10.5 Å². The van der Waals surface area contributed by atoms with E-state index >= 15 is 0 Å². The standard InChI is InChI=1S/C21H27N3O3/c22-18-19(23-6-3-7-24-8-10-27-11-9-24)21(26)17-13-15-5-2-1-4-14(15)12-16(17)20(18)25/h12-13,23H,1-11,22H2. The number of nitrogens with two attached hydrogens (primary N) is 1. The number of nitrogens with zero attached hydrogens (tertiary/aromatic N) is 1. The Bertz CT molecular complexity index is 794. The number of rotatable bonds is 5. The minimum absolute atomic E-state index is 0.0506. The summed E-state index contributed by atoms with van der Waals surface area (Å²) in [7, 11) is 0. The van der Waals surface area contributed by atoms with Crippen molar-refractivity contribution in [3.63, 3.8) is 0 Å². The van der Waals surface area contributed by atoms with Crippen molar-refractivity contribution in [2.45, 2.75) is 32.1 Å². The number of carbonyl (C=O) groups is 2. The average molecular weight is 369 g/mol. The first-order valence-corrected chi connectivity index (χ1v) is 9.94. The van der Waals surface area contributed by atoms with Crippen molar-refractivity contribution >= 4 is 11.6 Å². The first-order valence-electron chi connectivity index (χ1n) is 9.94. The molecule has 0 saturated carbocycles. The Kier molecular flexibility index (Phi) is 5.27. The molecular weight excluding hydrogens is 342 g/mol. The van der Waals surface area contributed by atoms with Crippen molar-refractivity contribution in [1.29, 1.82) is 0 Å². The number of hydrogen-bond donors (Lipinski definition) is 2. The van der Waals surface area contributed by atoms with E-state index in [-0.39, 0.29) is 23.0 Å². The van der Waals surface area contributed by atoms with Gasteiger partial charge in [-0.05, 0) is 61.9 Å². The van der Waals surface area contributed by atoms with Crippen LogP contribution in [0, 0.1) is 0 Å². The Balaban J connectivity index is 1.45. The number of carbonyl (C=O) groups excluding carboxylic acids is 2. The third-order valence-corrected chi connectivity index (χ3v) is 5.77. The molecule has 1 aromatic rings. The van der Waals surface area contributed by atoms with Crippen molar-refractivity contribution in [1.82, 2.24) is 10.2 Å². The van der Waals surface area contributed by atoms with E-state index in [1.54, 1.807) is 0 Å². The van der Waals surface area contributed by atoms with Gasteiger partial charge in [-0.1, -0.05) is 0 Å². The van der Waals surface area contributed by atoms with Crippen LogP contribution in [-0.2, 0) is 17.6 Å². The summed E-state index contributed by atoms with van der Waals surface area (Å²) in [5.74, 6) is -0.379. The molecule has 27 heavy (non-hydrogen) atoms. The summed E-state index contributed by atoms with van der Waals surface area (Å²) in [4.78, 5) is 28.1. The van der Waals surface area contributed by atoms with E-state index in [2.05, 4.69) is 10.2 Å². The van der Waals surface area contributed by atoms with Gasteiger partial charge >= 0.3 is 0 Å². The third-order valence-electron chi connectivity index (χ3n) is 5.77. The lowest BCUT2D eigenvalue weighted by atomic mass is 9.83. The molecule has 0 atom stereocenters. The van der Waals surface area contributed by atoms with Gasteiger partial charge in [0.2, 0.25) is 11.6 Å². The van der Waals surface area contributed by atoms with Gasteiger partial charge in [0.05, 0.1) is 13.2 Å². The number of nitrogens with one attached hydrogen (secondary N) is 1. The second kappa shape index (κ2) is 7.82. The van der Waals surface area contributed by atoms with Gasteiger partial charge in [0, 0.05) is 30.8 Å². The lowest BCUT2D eigenvalue weighted by molar-refractivity contribution is 0.0375. The highest BCUT2D eigenvalue weighted by Gasteiger charge is 2.32. The van der Waals surface area contributed by atoms with Gasteiger partial charge in [0.1, 0.15) is 11.4 Å². The minimum Gasteiger partial charge on any atom is -0.394 e. The van der Waals surface area contributed by atoms with Crippen LogP contribution in [0.1, 0.15) is 51.1 Å². The highest BCUT2D eigenvalue weighted by molar-refractivity contribution is 6.26. The van der Waals surface area contributed by atoms with Crippen LogP contribution in [0.15, 0.2) is 23.5 Å². The maximum atomic E-state index is 13.0. The molecule has 6 heteroatoms. The molecule has 1 aromatic carbocycles. The van der Waals surface area contributed by atoms with Crippen molar-refractivity contribution in [3.05, 3.63) is 45.8 Å². The predicted molar refractivity (Wildman–Crippen MR) is 103 cm³/mol. The Morgan fingerprint density at radius 2 is 1.63 bits per heavy atom. The van der Waals surface area contributed by atoms with Gasteiger partial charge in [-0.3, -0.25) is 14.5 Å². The van der Waals surface area contributed by atoms with Crippen molar-refractivity contribution in [2.75, 3.05) is 39.4 Å². The molecule has 0 unspecified atom stereocenters. The first-order chi connectivity index (χ1) is 13.1. The monoisotopic (exact) mass is 369 g/mol.